The first-order valence-electron chi connectivity index (χ1n) is 10.5. The normalized spacial score (nSPS) is 16.2. The van der Waals surface area contributed by atoms with Gasteiger partial charge in [0.15, 0.2) is 11.6 Å². The molecule has 0 saturated heterocycles. The fourth-order valence-corrected chi connectivity index (χ4v) is 5.45. The Kier molecular flexibility index (Phi) is 5.53. The molecule has 10 heteroatoms. The van der Waals surface area contributed by atoms with Crippen LogP contribution in [0.5, 0.6) is 0 Å². The predicted molar refractivity (Wildman–Crippen MR) is 127 cm³/mol. The van der Waals surface area contributed by atoms with Crippen molar-refractivity contribution in [1.29, 1.82) is 0 Å². The molecule has 0 aliphatic carbocycles. The smallest absolute Gasteiger partial charge is 0.355 e. The van der Waals surface area contributed by atoms with Gasteiger partial charge in [-0.05, 0) is 77.7 Å². The third-order valence-electron chi connectivity index (χ3n) is 6.12. The molecule has 4 nitrogen and oxygen atoms in total. The van der Waals surface area contributed by atoms with E-state index in [9.17, 15) is 17.6 Å². The third-order valence-corrected chi connectivity index (χ3v) is 6.97. The van der Waals surface area contributed by atoms with Crippen molar-refractivity contribution in [2.75, 3.05) is 11.4 Å². The lowest BCUT2D eigenvalue weighted by Crippen LogP contribution is -2.38. The number of nitrogens with zero attached hydrogens (tertiary/aromatic N) is 3. The van der Waals surface area contributed by atoms with Crippen molar-refractivity contribution in [3.8, 4) is 0 Å². The SMILES string of the molecule is Cc1cc(I)c2[nH]c3c(c2c1)CCN(c1nccc(C(F)(F)F)n1)C3c1ccc(C)c(F)c1F. The number of hydrogen-bond donors (Lipinski definition) is 1. The van der Waals surface area contributed by atoms with Crippen molar-refractivity contribution in [3.63, 3.8) is 0 Å². The first-order chi connectivity index (χ1) is 16.1. The highest BCUT2D eigenvalue weighted by molar-refractivity contribution is 14.1. The summed E-state index contributed by atoms with van der Waals surface area (Å²) >= 11 is 2.21. The maximum Gasteiger partial charge on any atom is 0.433 e. The maximum atomic E-state index is 15.3. The summed E-state index contributed by atoms with van der Waals surface area (Å²) in [4.78, 5) is 12.6. The zero-order valence-corrected chi connectivity index (χ0v) is 20.2. The lowest BCUT2D eigenvalue weighted by Gasteiger charge is -2.36. The minimum atomic E-state index is -4.66. The molecular weight excluding hydrogens is 566 g/mol. The summed E-state index contributed by atoms with van der Waals surface area (Å²) in [5, 5.41) is 0.960. The molecule has 176 valence electrons. The molecule has 1 atom stereocenters. The van der Waals surface area contributed by atoms with Crippen LogP contribution in [0.4, 0.5) is 27.9 Å². The second kappa shape index (κ2) is 8.17. The van der Waals surface area contributed by atoms with Gasteiger partial charge in [-0.25, -0.2) is 18.7 Å². The van der Waals surface area contributed by atoms with Crippen LogP contribution in [0, 0.1) is 29.1 Å². The van der Waals surface area contributed by atoms with E-state index in [0.717, 1.165) is 37.9 Å². The van der Waals surface area contributed by atoms with E-state index in [2.05, 4.69) is 37.5 Å². The lowest BCUT2D eigenvalue weighted by atomic mass is 9.91. The molecule has 1 unspecified atom stereocenters. The second-order valence-electron chi connectivity index (χ2n) is 8.37. The number of alkyl halides is 3. The fraction of sp³-hybridized carbons (Fsp3) is 0.250. The Bertz CT molecular complexity index is 1430. The van der Waals surface area contributed by atoms with Crippen molar-refractivity contribution < 1.29 is 22.0 Å². The van der Waals surface area contributed by atoms with E-state index in [1.165, 1.54) is 24.0 Å². The maximum absolute atomic E-state index is 15.3. The van der Waals surface area contributed by atoms with Gasteiger partial charge in [-0.15, -0.1) is 0 Å². The number of aryl methyl sites for hydroxylation is 2. The molecular formula is C24H18F5IN4. The van der Waals surface area contributed by atoms with Crippen molar-refractivity contribution in [3.05, 3.63) is 85.4 Å². The Morgan fingerprint density at radius 3 is 2.59 bits per heavy atom. The second-order valence-corrected chi connectivity index (χ2v) is 9.53. The number of halogens is 6. The van der Waals surface area contributed by atoms with E-state index in [1.807, 2.05) is 19.1 Å². The highest BCUT2D eigenvalue weighted by Crippen LogP contribution is 2.42. The largest absolute Gasteiger partial charge is 0.433 e. The van der Waals surface area contributed by atoms with Gasteiger partial charge in [0.1, 0.15) is 11.7 Å². The van der Waals surface area contributed by atoms with Crippen molar-refractivity contribution in [2.24, 2.45) is 0 Å². The van der Waals surface area contributed by atoms with E-state index < -0.39 is 29.5 Å². The van der Waals surface area contributed by atoms with E-state index >= 15 is 4.39 Å². The van der Waals surface area contributed by atoms with Gasteiger partial charge in [0.25, 0.3) is 0 Å². The summed E-state index contributed by atoms with van der Waals surface area (Å²) in [5.74, 6) is -2.23. The Hall–Kier alpha value is -2.76. The molecule has 1 aliphatic heterocycles. The van der Waals surface area contributed by atoms with Gasteiger partial charge in [0.05, 0.1) is 5.52 Å². The zero-order chi connectivity index (χ0) is 24.4. The minimum Gasteiger partial charge on any atom is -0.355 e. The summed E-state index contributed by atoms with van der Waals surface area (Å²) in [6, 6.07) is 6.80. The number of benzene rings is 2. The van der Waals surface area contributed by atoms with Crippen molar-refractivity contribution in [1.82, 2.24) is 15.0 Å². The predicted octanol–water partition coefficient (Wildman–Crippen LogP) is 6.63. The highest BCUT2D eigenvalue weighted by atomic mass is 127. The quantitative estimate of drug-likeness (QED) is 0.213. The van der Waals surface area contributed by atoms with Crippen molar-refractivity contribution >= 4 is 39.4 Å². The molecule has 2 aromatic carbocycles. The molecule has 0 radical (unpaired) electrons. The molecule has 0 amide bonds. The van der Waals surface area contributed by atoms with Gasteiger partial charge in [0.2, 0.25) is 5.95 Å². The molecule has 0 fully saturated rings. The van der Waals surface area contributed by atoms with E-state index in [1.54, 1.807) is 0 Å². The molecule has 4 aromatic rings. The van der Waals surface area contributed by atoms with Crippen molar-refractivity contribution in [2.45, 2.75) is 32.5 Å². The molecule has 1 N–H and O–H groups in total. The number of aromatic amines is 1. The molecule has 0 saturated carbocycles. The van der Waals surface area contributed by atoms with Crippen LogP contribution in [0.2, 0.25) is 0 Å². The number of anilines is 1. The number of fused-ring (bicyclic) bond motifs is 3. The molecule has 1 aliphatic rings. The van der Waals surface area contributed by atoms with Gasteiger partial charge < -0.3 is 9.88 Å². The number of hydrogen-bond acceptors (Lipinski definition) is 3. The van der Waals surface area contributed by atoms with E-state index in [0.29, 0.717) is 12.1 Å². The van der Waals surface area contributed by atoms with Crippen LogP contribution in [-0.4, -0.2) is 21.5 Å². The van der Waals surface area contributed by atoms with Crippen LogP contribution in [0.1, 0.15) is 39.7 Å². The number of aromatic nitrogens is 3. The average Bonchev–Trinajstić information content (AvgIpc) is 3.16. The van der Waals surface area contributed by atoms with Crippen LogP contribution in [0.15, 0.2) is 36.5 Å². The summed E-state index contributed by atoms with van der Waals surface area (Å²) in [5.41, 5.74) is 2.45. The topological polar surface area (TPSA) is 44.8 Å². The standard InChI is InChI=1S/C24H18F5IN4/c1-11-9-15-13-6-8-34(23-31-7-5-17(32-23)24(27,28)29)22(21(13)33-20(15)16(30)10-11)14-4-3-12(2)18(25)19(14)26/h3-5,7,9-10,22,33H,6,8H2,1-2H3. The molecule has 2 aromatic heterocycles. The fourth-order valence-electron chi connectivity index (χ4n) is 4.54. The third kappa shape index (κ3) is 3.71. The molecule has 5 rings (SSSR count). The summed E-state index contributed by atoms with van der Waals surface area (Å²) in [6.07, 6.45) is -3.16. The summed E-state index contributed by atoms with van der Waals surface area (Å²) in [7, 11) is 0. The lowest BCUT2D eigenvalue weighted by molar-refractivity contribution is -0.141. The Morgan fingerprint density at radius 1 is 1.09 bits per heavy atom. The highest BCUT2D eigenvalue weighted by Gasteiger charge is 2.38. The minimum absolute atomic E-state index is 0.00310. The van der Waals surface area contributed by atoms with Crippen LogP contribution < -0.4 is 4.90 Å². The average molecular weight is 584 g/mol. The molecule has 34 heavy (non-hydrogen) atoms. The van der Waals surface area contributed by atoms with Gasteiger partial charge >= 0.3 is 6.18 Å². The van der Waals surface area contributed by atoms with Gasteiger partial charge in [0, 0.05) is 33.0 Å². The summed E-state index contributed by atoms with van der Waals surface area (Å²) in [6.45, 7) is 3.65. The van der Waals surface area contributed by atoms with Crippen LogP contribution in [0.25, 0.3) is 10.9 Å². The van der Waals surface area contributed by atoms with Crippen LogP contribution >= 0.6 is 22.6 Å². The Morgan fingerprint density at radius 2 is 1.85 bits per heavy atom. The first kappa shape index (κ1) is 23.0. The zero-order valence-electron chi connectivity index (χ0n) is 18.1. The number of rotatable bonds is 2. The molecule has 0 bridgehead atoms. The number of nitrogens with one attached hydrogen (secondary N) is 1. The number of H-pyrrole nitrogens is 1. The monoisotopic (exact) mass is 584 g/mol. The first-order valence-corrected chi connectivity index (χ1v) is 11.6. The Balaban J connectivity index is 1.76. The van der Waals surface area contributed by atoms with E-state index in [4.69, 9.17) is 0 Å². The van der Waals surface area contributed by atoms with Gasteiger partial charge in [-0.1, -0.05) is 12.1 Å². The molecule has 0 spiro atoms. The Labute approximate surface area is 205 Å². The van der Waals surface area contributed by atoms with Crippen LogP contribution in [-0.2, 0) is 12.6 Å². The summed E-state index contributed by atoms with van der Waals surface area (Å²) < 4.78 is 70.9. The van der Waals surface area contributed by atoms with E-state index in [-0.39, 0.29) is 23.6 Å². The van der Waals surface area contributed by atoms with Gasteiger partial charge in [-0.3, -0.25) is 0 Å². The van der Waals surface area contributed by atoms with Gasteiger partial charge in [-0.2, -0.15) is 13.2 Å². The molecule has 3 heterocycles. The van der Waals surface area contributed by atoms with Crippen LogP contribution in [0.3, 0.4) is 0 Å².